The average molecular weight is 483 g/mol. The first kappa shape index (κ1) is 21.6. The van der Waals surface area contributed by atoms with E-state index in [1.54, 1.807) is 0 Å². The van der Waals surface area contributed by atoms with Crippen LogP contribution in [-0.4, -0.2) is 19.2 Å². The Labute approximate surface area is 176 Å². The van der Waals surface area contributed by atoms with Crippen molar-refractivity contribution in [3.63, 3.8) is 0 Å². The number of rotatable bonds is 6. The Morgan fingerprint density at radius 3 is 2.50 bits per heavy atom. The van der Waals surface area contributed by atoms with Gasteiger partial charge in [-0.25, -0.2) is 4.79 Å². The molecule has 5 nitrogen and oxygen atoms in total. The van der Waals surface area contributed by atoms with Crippen LogP contribution < -0.4 is 10.2 Å². The quantitative estimate of drug-likeness (QED) is 0.350. The van der Waals surface area contributed by atoms with Gasteiger partial charge in [0.1, 0.15) is 17.9 Å². The molecule has 156 valence electrons. The van der Waals surface area contributed by atoms with Crippen LogP contribution in [-0.2, 0) is 15.7 Å². The fourth-order valence-corrected chi connectivity index (χ4v) is 2.94. The molecule has 0 aliphatic rings. The maximum Gasteiger partial charge on any atom is 0.450 e. The average Bonchev–Trinajstić information content (AvgIpc) is 2.70. The zero-order valence-electron chi connectivity index (χ0n) is 15.3. The fourth-order valence-electron chi connectivity index (χ4n) is 2.68. The molecule has 1 heterocycles. The molecule has 0 bridgehead atoms. The minimum Gasteiger partial charge on any atom is -0.482 e. The van der Waals surface area contributed by atoms with Gasteiger partial charge in [-0.3, -0.25) is 4.79 Å². The van der Waals surface area contributed by atoms with Crippen molar-refractivity contribution in [2.24, 2.45) is 0 Å². The summed E-state index contributed by atoms with van der Waals surface area (Å²) in [6, 6.07) is 9.61. The van der Waals surface area contributed by atoms with E-state index in [1.165, 1.54) is 42.5 Å². The lowest BCUT2D eigenvalue weighted by atomic mass is 10.0. The highest BCUT2D eigenvalue weighted by Crippen LogP contribution is 2.38. The summed E-state index contributed by atoms with van der Waals surface area (Å²) in [4.78, 5) is 24.4. The van der Waals surface area contributed by atoms with Crippen LogP contribution in [0.25, 0.3) is 22.1 Å². The van der Waals surface area contributed by atoms with Gasteiger partial charge < -0.3 is 13.9 Å². The molecule has 0 unspecified atom stereocenters. The van der Waals surface area contributed by atoms with E-state index in [0.29, 0.717) is 4.47 Å². The Hall–Kier alpha value is -3.07. The lowest BCUT2D eigenvalue weighted by Gasteiger charge is -2.13. The molecule has 0 saturated heterocycles. The lowest BCUT2D eigenvalue weighted by Crippen LogP contribution is -2.16. The Balaban J connectivity index is 2.06. The van der Waals surface area contributed by atoms with Gasteiger partial charge in [0.2, 0.25) is 11.2 Å². The summed E-state index contributed by atoms with van der Waals surface area (Å²) >= 11 is 3.21. The summed E-state index contributed by atoms with van der Waals surface area (Å²) in [7, 11) is 0. The molecule has 0 aliphatic carbocycles. The standard InChI is InChI=1S/C21H14BrF3O5/c1-2-9-28-17(26)11-29-14-7-8-15-16(10-14)30-20(21(23,24)25)18(19(15)27)12-3-5-13(22)6-4-12/h2-8,10H,1,9,11H2. The van der Waals surface area contributed by atoms with E-state index in [-0.39, 0.29) is 28.9 Å². The van der Waals surface area contributed by atoms with Crippen molar-refractivity contribution in [3.8, 4) is 16.9 Å². The first-order valence-electron chi connectivity index (χ1n) is 8.54. The number of halogens is 4. The topological polar surface area (TPSA) is 65.7 Å². The number of hydrogen-bond donors (Lipinski definition) is 0. The van der Waals surface area contributed by atoms with E-state index in [4.69, 9.17) is 13.9 Å². The zero-order valence-corrected chi connectivity index (χ0v) is 16.9. The highest BCUT2D eigenvalue weighted by atomic mass is 79.9. The van der Waals surface area contributed by atoms with Crippen LogP contribution in [0.5, 0.6) is 5.75 Å². The minimum atomic E-state index is -4.90. The molecular weight excluding hydrogens is 469 g/mol. The van der Waals surface area contributed by atoms with Gasteiger partial charge in [-0.15, -0.1) is 0 Å². The van der Waals surface area contributed by atoms with Crippen LogP contribution >= 0.6 is 15.9 Å². The Kier molecular flexibility index (Phi) is 6.31. The van der Waals surface area contributed by atoms with E-state index < -0.39 is 35.5 Å². The Morgan fingerprint density at radius 1 is 1.17 bits per heavy atom. The van der Waals surface area contributed by atoms with Gasteiger partial charge in [0.15, 0.2) is 6.61 Å². The van der Waals surface area contributed by atoms with E-state index in [2.05, 4.69) is 22.5 Å². The van der Waals surface area contributed by atoms with E-state index in [1.807, 2.05) is 0 Å². The molecule has 9 heteroatoms. The number of hydrogen-bond acceptors (Lipinski definition) is 5. The molecule has 0 aliphatic heterocycles. The number of carbonyl (C=O) groups excluding carboxylic acids is 1. The molecule has 3 rings (SSSR count). The third-order valence-electron chi connectivity index (χ3n) is 3.97. The predicted molar refractivity (Wildman–Crippen MR) is 107 cm³/mol. The molecule has 3 aromatic rings. The molecule has 0 spiro atoms. The van der Waals surface area contributed by atoms with Crippen LogP contribution in [0.4, 0.5) is 13.2 Å². The number of ether oxygens (including phenoxy) is 2. The molecule has 0 amide bonds. The van der Waals surface area contributed by atoms with Crippen LogP contribution in [0, 0.1) is 0 Å². The SMILES string of the molecule is C=CCOC(=O)COc1ccc2c(=O)c(-c3ccc(Br)cc3)c(C(F)(F)F)oc2c1. The number of benzene rings is 2. The minimum absolute atomic E-state index is 0.00255. The molecule has 1 aromatic heterocycles. The molecule has 2 aromatic carbocycles. The van der Waals surface area contributed by atoms with E-state index in [0.717, 1.165) is 6.07 Å². The molecule has 0 saturated carbocycles. The highest BCUT2D eigenvalue weighted by Gasteiger charge is 2.39. The van der Waals surface area contributed by atoms with Crippen LogP contribution in [0.15, 0.2) is 68.8 Å². The van der Waals surface area contributed by atoms with Crippen molar-refractivity contribution in [1.29, 1.82) is 0 Å². The normalized spacial score (nSPS) is 11.3. The highest BCUT2D eigenvalue weighted by molar-refractivity contribution is 9.10. The third kappa shape index (κ3) is 4.73. The van der Waals surface area contributed by atoms with Gasteiger partial charge in [0.25, 0.3) is 0 Å². The molecule has 0 radical (unpaired) electrons. The summed E-state index contributed by atoms with van der Waals surface area (Å²) < 4.78 is 56.7. The van der Waals surface area contributed by atoms with Crippen molar-refractivity contribution in [2.45, 2.75) is 6.18 Å². The number of carbonyl (C=O) groups is 1. The number of alkyl halides is 3. The van der Waals surface area contributed by atoms with Crippen LogP contribution in [0.3, 0.4) is 0 Å². The van der Waals surface area contributed by atoms with Gasteiger partial charge in [-0.2, -0.15) is 13.2 Å². The summed E-state index contributed by atoms with van der Waals surface area (Å²) in [5.41, 5.74) is -1.65. The summed E-state index contributed by atoms with van der Waals surface area (Å²) in [6.45, 7) is 2.94. The maximum absolute atomic E-state index is 13.7. The summed E-state index contributed by atoms with van der Waals surface area (Å²) in [5, 5.41) is -0.0532. The van der Waals surface area contributed by atoms with E-state index in [9.17, 15) is 22.8 Å². The summed E-state index contributed by atoms with van der Waals surface area (Å²) in [5.74, 6) is -2.05. The van der Waals surface area contributed by atoms with E-state index >= 15 is 0 Å². The Morgan fingerprint density at radius 2 is 1.87 bits per heavy atom. The predicted octanol–water partition coefficient (Wildman–Crippen LogP) is 5.35. The lowest BCUT2D eigenvalue weighted by molar-refractivity contribution is -0.152. The maximum atomic E-state index is 13.7. The van der Waals surface area contributed by atoms with Gasteiger partial charge in [0, 0.05) is 10.5 Å². The fraction of sp³-hybridized carbons (Fsp3) is 0.143. The van der Waals surface area contributed by atoms with Crippen LogP contribution in [0.2, 0.25) is 0 Å². The van der Waals surface area contributed by atoms with Crippen LogP contribution in [0.1, 0.15) is 5.76 Å². The second-order valence-corrected chi connectivity index (χ2v) is 6.97. The van der Waals surface area contributed by atoms with Crippen molar-refractivity contribution in [3.05, 3.63) is 75.6 Å². The second kappa shape index (κ2) is 8.74. The number of fused-ring (bicyclic) bond motifs is 1. The summed E-state index contributed by atoms with van der Waals surface area (Å²) in [6.07, 6.45) is -3.52. The van der Waals surface area contributed by atoms with Crippen molar-refractivity contribution in [2.75, 3.05) is 13.2 Å². The first-order valence-corrected chi connectivity index (χ1v) is 9.33. The van der Waals surface area contributed by atoms with Gasteiger partial charge in [-0.05, 0) is 29.8 Å². The third-order valence-corrected chi connectivity index (χ3v) is 4.50. The smallest absolute Gasteiger partial charge is 0.450 e. The molecule has 0 fully saturated rings. The van der Waals surface area contributed by atoms with Gasteiger partial charge in [0.05, 0.1) is 10.9 Å². The molecule has 30 heavy (non-hydrogen) atoms. The van der Waals surface area contributed by atoms with Gasteiger partial charge >= 0.3 is 12.1 Å². The Bertz CT molecular complexity index is 1150. The monoisotopic (exact) mass is 482 g/mol. The molecule has 0 N–H and O–H groups in total. The molecular formula is C21H14BrF3O5. The zero-order chi connectivity index (χ0) is 21.9. The van der Waals surface area contributed by atoms with Gasteiger partial charge in [-0.1, -0.05) is 40.7 Å². The molecule has 0 atom stereocenters. The largest absolute Gasteiger partial charge is 0.482 e. The second-order valence-electron chi connectivity index (χ2n) is 6.06. The van der Waals surface area contributed by atoms with Crippen molar-refractivity contribution in [1.82, 2.24) is 0 Å². The van der Waals surface area contributed by atoms with Crippen molar-refractivity contribution < 1.29 is 31.9 Å². The number of esters is 1. The van der Waals surface area contributed by atoms with Crippen molar-refractivity contribution >= 4 is 32.9 Å². The first-order chi connectivity index (χ1) is 14.2.